The number of nitrogens with one attached hydrogen (secondary N) is 2. The van der Waals surface area contributed by atoms with Crippen molar-refractivity contribution in [2.45, 2.75) is 25.4 Å². The molecule has 0 aliphatic rings. The van der Waals surface area contributed by atoms with Gasteiger partial charge in [-0.3, -0.25) is 9.59 Å². The lowest BCUT2D eigenvalue weighted by molar-refractivity contribution is -0.128. The van der Waals surface area contributed by atoms with E-state index in [0.717, 1.165) is 11.1 Å². The number of carbonyl (C=O) groups is 2. The van der Waals surface area contributed by atoms with Gasteiger partial charge in [-0.1, -0.05) is 42.5 Å². The van der Waals surface area contributed by atoms with E-state index in [1.54, 1.807) is 32.2 Å². The summed E-state index contributed by atoms with van der Waals surface area (Å²) >= 11 is 0. The highest BCUT2D eigenvalue weighted by Crippen LogP contribution is 2.18. The smallest absolute Gasteiger partial charge is 0.242 e. The molecule has 0 spiro atoms. The van der Waals surface area contributed by atoms with Gasteiger partial charge in [-0.25, -0.2) is 0 Å². The van der Waals surface area contributed by atoms with Gasteiger partial charge >= 0.3 is 0 Å². The van der Waals surface area contributed by atoms with E-state index in [0.29, 0.717) is 5.56 Å². The molecular weight excluding hydrogens is 318 g/mol. The van der Waals surface area contributed by atoms with Crippen LogP contribution in [0.2, 0.25) is 0 Å². The summed E-state index contributed by atoms with van der Waals surface area (Å²) in [7, 11) is 1.68. The molecule has 0 heterocycles. The highest BCUT2D eigenvalue weighted by atomic mass is 16.3. The van der Waals surface area contributed by atoms with Crippen molar-refractivity contribution in [1.82, 2.24) is 10.6 Å². The number of phenols is 1. The van der Waals surface area contributed by atoms with Crippen LogP contribution in [0.4, 0.5) is 0 Å². The Morgan fingerprint density at radius 2 is 1.84 bits per heavy atom. The van der Waals surface area contributed by atoms with E-state index in [1.807, 2.05) is 30.3 Å². The average molecular weight is 341 g/mol. The lowest BCUT2D eigenvalue weighted by Gasteiger charge is -2.21. The standard InChI is InChI=1S/C19H23N3O3/c1-12-10-13(8-9-16(12)23)11-15(18(20)24)22-19(25)17(21-2)14-6-4-3-5-7-14/h3-10,15,17,21,23H,11H2,1-2H3,(H2,20,24)(H,22,25). The molecule has 2 amide bonds. The third-order valence-corrected chi connectivity index (χ3v) is 4.04. The molecule has 6 nitrogen and oxygen atoms in total. The highest BCUT2D eigenvalue weighted by Gasteiger charge is 2.24. The summed E-state index contributed by atoms with van der Waals surface area (Å²) in [4.78, 5) is 24.4. The van der Waals surface area contributed by atoms with Crippen molar-refractivity contribution in [2.75, 3.05) is 7.05 Å². The van der Waals surface area contributed by atoms with Gasteiger partial charge in [0.05, 0.1) is 0 Å². The largest absolute Gasteiger partial charge is 0.508 e. The summed E-state index contributed by atoms with van der Waals surface area (Å²) in [6, 6.07) is 12.8. The van der Waals surface area contributed by atoms with E-state index in [2.05, 4.69) is 10.6 Å². The summed E-state index contributed by atoms with van der Waals surface area (Å²) in [6.45, 7) is 1.77. The second-order valence-corrected chi connectivity index (χ2v) is 5.92. The lowest BCUT2D eigenvalue weighted by atomic mass is 10.0. The number of carbonyl (C=O) groups excluding carboxylic acids is 2. The maximum absolute atomic E-state index is 12.6. The topological polar surface area (TPSA) is 104 Å². The number of likely N-dealkylation sites (N-methyl/N-ethyl adjacent to an activating group) is 1. The monoisotopic (exact) mass is 341 g/mol. The normalized spacial score (nSPS) is 13.0. The van der Waals surface area contributed by atoms with E-state index < -0.39 is 18.0 Å². The molecule has 5 N–H and O–H groups in total. The Morgan fingerprint density at radius 1 is 1.16 bits per heavy atom. The number of hydrogen-bond acceptors (Lipinski definition) is 4. The SMILES string of the molecule is CNC(C(=O)NC(Cc1ccc(O)c(C)c1)C(N)=O)c1ccccc1. The molecule has 2 rings (SSSR count). The van der Waals surface area contributed by atoms with E-state index in [4.69, 9.17) is 5.73 Å². The number of benzene rings is 2. The summed E-state index contributed by atoms with van der Waals surface area (Å²) in [5, 5.41) is 15.2. The molecule has 0 fully saturated rings. The third kappa shape index (κ3) is 4.81. The van der Waals surface area contributed by atoms with E-state index in [9.17, 15) is 14.7 Å². The maximum Gasteiger partial charge on any atom is 0.242 e. The predicted octanol–water partition coefficient (Wildman–Crippen LogP) is 1.17. The molecule has 0 bridgehead atoms. The molecule has 0 saturated heterocycles. The predicted molar refractivity (Wildman–Crippen MR) is 95.9 cm³/mol. The number of amides is 2. The van der Waals surface area contributed by atoms with Crippen LogP contribution in [0, 0.1) is 6.92 Å². The quantitative estimate of drug-likeness (QED) is 0.607. The zero-order chi connectivity index (χ0) is 18.4. The van der Waals surface area contributed by atoms with Gasteiger partial charge in [-0.2, -0.15) is 0 Å². The molecule has 2 aromatic carbocycles. The fourth-order valence-electron chi connectivity index (χ4n) is 2.65. The van der Waals surface area contributed by atoms with Crippen molar-refractivity contribution >= 4 is 11.8 Å². The molecule has 2 aromatic rings. The third-order valence-electron chi connectivity index (χ3n) is 4.04. The molecule has 132 valence electrons. The number of hydrogen-bond donors (Lipinski definition) is 4. The Morgan fingerprint density at radius 3 is 2.40 bits per heavy atom. The Labute approximate surface area is 147 Å². The maximum atomic E-state index is 12.6. The Hall–Kier alpha value is -2.86. The minimum Gasteiger partial charge on any atom is -0.508 e. The number of phenolic OH excluding ortho intramolecular Hbond substituents is 1. The van der Waals surface area contributed by atoms with Gasteiger partial charge in [0.2, 0.25) is 11.8 Å². The van der Waals surface area contributed by atoms with E-state index >= 15 is 0 Å². The van der Waals surface area contributed by atoms with Crippen LogP contribution < -0.4 is 16.4 Å². The van der Waals surface area contributed by atoms with Crippen molar-refractivity contribution in [3.63, 3.8) is 0 Å². The van der Waals surface area contributed by atoms with Crippen LogP contribution in [0.3, 0.4) is 0 Å². The van der Waals surface area contributed by atoms with Gasteiger partial charge < -0.3 is 21.5 Å². The summed E-state index contributed by atoms with van der Waals surface area (Å²) in [5.41, 5.74) is 7.76. The zero-order valence-corrected chi connectivity index (χ0v) is 14.3. The molecule has 0 aromatic heterocycles. The molecule has 0 aliphatic carbocycles. The first-order valence-electron chi connectivity index (χ1n) is 8.02. The minimum atomic E-state index is -0.837. The van der Waals surface area contributed by atoms with Crippen LogP contribution in [-0.2, 0) is 16.0 Å². The van der Waals surface area contributed by atoms with Gasteiger partial charge in [0.1, 0.15) is 17.8 Å². The van der Waals surface area contributed by atoms with E-state index in [-0.39, 0.29) is 18.1 Å². The lowest BCUT2D eigenvalue weighted by Crippen LogP contribution is -2.49. The van der Waals surface area contributed by atoms with Crippen LogP contribution in [0.5, 0.6) is 5.75 Å². The number of nitrogens with two attached hydrogens (primary N) is 1. The first-order valence-corrected chi connectivity index (χ1v) is 8.02. The number of aryl methyl sites for hydroxylation is 1. The van der Waals surface area contributed by atoms with Crippen molar-refractivity contribution < 1.29 is 14.7 Å². The average Bonchev–Trinajstić information content (AvgIpc) is 2.59. The second kappa shape index (κ2) is 8.30. The Balaban J connectivity index is 2.13. The number of aromatic hydroxyl groups is 1. The fraction of sp³-hybridized carbons (Fsp3) is 0.263. The van der Waals surface area contributed by atoms with Gasteiger partial charge in [0.15, 0.2) is 0 Å². The molecule has 0 radical (unpaired) electrons. The molecule has 25 heavy (non-hydrogen) atoms. The van der Waals surface area contributed by atoms with E-state index in [1.165, 1.54) is 0 Å². The molecule has 2 unspecified atom stereocenters. The Bertz CT molecular complexity index is 747. The van der Waals surface area contributed by atoms with Crippen LogP contribution in [0.1, 0.15) is 22.7 Å². The van der Waals surface area contributed by atoms with Crippen molar-refractivity contribution in [2.24, 2.45) is 5.73 Å². The summed E-state index contributed by atoms with van der Waals surface area (Å²) in [5.74, 6) is -0.752. The Kier molecular flexibility index (Phi) is 6.14. The molecule has 0 aliphatic heterocycles. The zero-order valence-electron chi connectivity index (χ0n) is 14.3. The van der Waals surface area contributed by atoms with Gasteiger partial charge in [0, 0.05) is 6.42 Å². The van der Waals surface area contributed by atoms with Crippen molar-refractivity contribution in [3.8, 4) is 5.75 Å². The molecule has 2 atom stereocenters. The first-order chi connectivity index (χ1) is 11.9. The summed E-state index contributed by atoms with van der Waals surface area (Å²) in [6.07, 6.45) is 0.257. The van der Waals surface area contributed by atoms with Crippen LogP contribution in [0.15, 0.2) is 48.5 Å². The first kappa shape index (κ1) is 18.5. The van der Waals surface area contributed by atoms with Crippen molar-refractivity contribution in [3.05, 3.63) is 65.2 Å². The van der Waals surface area contributed by atoms with Crippen molar-refractivity contribution in [1.29, 1.82) is 0 Å². The van der Waals surface area contributed by atoms with Gasteiger partial charge in [-0.15, -0.1) is 0 Å². The van der Waals surface area contributed by atoms with Crippen LogP contribution in [0.25, 0.3) is 0 Å². The minimum absolute atomic E-state index is 0.183. The number of primary amides is 1. The van der Waals surface area contributed by atoms with Crippen LogP contribution >= 0.6 is 0 Å². The number of rotatable bonds is 7. The van der Waals surface area contributed by atoms with Crippen LogP contribution in [-0.4, -0.2) is 30.0 Å². The second-order valence-electron chi connectivity index (χ2n) is 5.92. The van der Waals surface area contributed by atoms with Gasteiger partial charge in [-0.05, 0) is 36.7 Å². The molecule has 0 saturated carbocycles. The fourth-order valence-corrected chi connectivity index (χ4v) is 2.65. The molecular formula is C19H23N3O3. The summed E-state index contributed by atoms with van der Waals surface area (Å²) < 4.78 is 0. The van der Waals surface area contributed by atoms with Gasteiger partial charge in [0.25, 0.3) is 0 Å². The molecule has 6 heteroatoms. The highest BCUT2D eigenvalue weighted by molar-refractivity contribution is 5.89.